The van der Waals surface area contributed by atoms with Crippen LogP contribution >= 0.6 is 0 Å². The Morgan fingerprint density at radius 2 is 1.05 bits per heavy atom. The van der Waals surface area contributed by atoms with Crippen LogP contribution in [0.2, 0.25) is 0 Å². The van der Waals surface area contributed by atoms with Crippen LogP contribution < -0.4 is 0 Å². The second kappa shape index (κ2) is 5.73. The molecule has 0 aromatic carbocycles. The molecule has 20 heavy (non-hydrogen) atoms. The molecule has 0 rings (SSSR count). The van der Waals surface area contributed by atoms with E-state index in [1.165, 1.54) is 0 Å². The molecule has 3 N–H and O–H groups in total. The van der Waals surface area contributed by atoms with E-state index < -0.39 is 43.0 Å². The summed E-state index contributed by atoms with van der Waals surface area (Å²) in [5.41, 5.74) is 0. The van der Waals surface area contributed by atoms with E-state index in [1.807, 2.05) is 0 Å². The third-order valence-electron chi connectivity index (χ3n) is 1.47. The summed E-state index contributed by atoms with van der Waals surface area (Å²) in [7, 11) is -3.36. The Morgan fingerprint density at radius 3 is 1.25 bits per heavy atom. The van der Waals surface area contributed by atoms with Gasteiger partial charge in [-0.05, 0) is 0 Å². The molecule has 0 fully saturated rings. The van der Waals surface area contributed by atoms with Gasteiger partial charge in [-0.15, -0.1) is 0 Å². The number of carbonyl (C=O) groups is 4. The molecular formula is C6H3BF4O9. The molecule has 0 saturated carbocycles. The molecule has 112 valence electrons. The number of halogens is 4. The summed E-state index contributed by atoms with van der Waals surface area (Å²) in [5.74, 6) is -22.1. The number of aliphatic carboxylic acids is 2. The SMILES string of the molecule is O=C(O)C(F)(F)C(=O)OB(O)OC(=O)C(F)(F)C(=O)O. The van der Waals surface area contributed by atoms with E-state index in [4.69, 9.17) is 15.2 Å². The molecule has 9 nitrogen and oxygen atoms in total. The largest absolute Gasteiger partial charge is 0.789 e. The van der Waals surface area contributed by atoms with E-state index in [2.05, 4.69) is 9.31 Å². The average molecular weight is 306 g/mol. The molecule has 0 atom stereocenters. The highest BCUT2D eigenvalue weighted by atomic mass is 19.3. The van der Waals surface area contributed by atoms with Crippen molar-refractivity contribution in [2.24, 2.45) is 0 Å². The summed E-state index contributed by atoms with van der Waals surface area (Å²) < 4.78 is 56.0. The molecule has 0 unspecified atom stereocenters. The zero-order valence-corrected chi connectivity index (χ0v) is 8.88. The first kappa shape index (κ1) is 17.6. The Balaban J connectivity index is 4.71. The third-order valence-corrected chi connectivity index (χ3v) is 1.47. The Kier molecular flexibility index (Phi) is 5.05. The molecule has 0 bridgehead atoms. The van der Waals surface area contributed by atoms with E-state index in [1.54, 1.807) is 0 Å². The molecule has 0 amide bonds. The number of carboxylic acids is 2. The first-order chi connectivity index (χ1) is 8.83. The zero-order chi connectivity index (χ0) is 16.3. The minimum absolute atomic E-state index is 2.93. The van der Waals surface area contributed by atoms with E-state index >= 15 is 0 Å². The number of hydrogen-bond acceptors (Lipinski definition) is 7. The van der Waals surface area contributed by atoms with Crippen molar-refractivity contribution in [3.8, 4) is 0 Å². The second-order valence-electron chi connectivity index (χ2n) is 2.88. The predicted octanol–water partition coefficient (Wildman–Crippen LogP) is -1.51. The van der Waals surface area contributed by atoms with Crippen LogP contribution in [0, 0.1) is 0 Å². The van der Waals surface area contributed by atoms with Crippen LogP contribution in [0.5, 0.6) is 0 Å². The van der Waals surface area contributed by atoms with Crippen LogP contribution in [-0.2, 0) is 28.5 Å². The summed E-state index contributed by atoms with van der Waals surface area (Å²) in [5, 5.41) is 24.3. The van der Waals surface area contributed by atoms with Gasteiger partial charge in [0.1, 0.15) is 0 Å². The van der Waals surface area contributed by atoms with Crippen molar-refractivity contribution in [2.75, 3.05) is 0 Å². The molecule has 14 heteroatoms. The average Bonchev–Trinajstić information content (AvgIpc) is 2.27. The lowest BCUT2D eigenvalue weighted by Gasteiger charge is -2.14. The van der Waals surface area contributed by atoms with E-state index in [9.17, 15) is 36.7 Å². The van der Waals surface area contributed by atoms with Gasteiger partial charge in [-0.3, -0.25) is 0 Å². The molecule has 0 aliphatic heterocycles. The highest BCUT2D eigenvalue weighted by Gasteiger charge is 2.54. The molecule has 0 aromatic heterocycles. The van der Waals surface area contributed by atoms with Crippen LogP contribution in [0.4, 0.5) is 17.6 Å². The first-order valence-electron chi connectivity index (χ1n) is 4.16. The summed E-state index contributed by atoms with van der Waals surface area (Å²) in [6.07, 6.45) is 0. The number of alkyl halides is 4. The second-order valence-corrected chi connectivity index (χ2v) is 2.88. The van der Waals surface area contributed by atoms with Crippen molar-refractivity contribution in [3.63, 3.8) is 0 Å². The van der Waals surface area contributed by atoms with Crippen molar-refractivity contribution >= 4 is 31.2 Å². The van der Waals surface area contributed by atoms with Crippen molar-refractivity contribution in [1.82, 2.24) is 0 Å². The molecule has 0 saturated heterocycles. The minimum atomic E-state index is -5.15. The number of hydrogen-bond donors (Lipinski definition) is 3. The fraction of sp³-hybridized carbons (Fsp3) is 0.333. The Hall–Kier alpha value is -2.38. The van der Waals surface area contributed by atoms with Gasteiger partial charge < -0.3 is 24.5 Å². The van der Waals surface area contributed by atoms with Crippen LogP contribution in [0.1, 0.15) is 0 Å². The van der Waals surface area contributed by atoms with E-state index in [0.29, 0.717) is 0 Å². The Labute approximate surface area is 105 Å². The zero-order valence-electron chi connectivity index (χ0n) is 8.88. The molecule has 0 spiro atoms. The fourth-order valence-corrected chi connectivity index (χ4v) is 0.530. The maximum atomic E-state index is 12.4. The lowest BCUT2D eigenvalue weighted by Crippen LogP contribution is -2.46. The maximum Gasteiger partial charge on any atom is 0.789 e. The van der Waals surface area contributed by atoms with Gasteiger partial charge >= 0.3 is 43.0 Å². The minimum Gasteiger partial charge on any atom is -0.476 e. The van der Waals surface area contributed by atoms with Gasteiger partial charge in [-0.1, -0.05) is 0 Å². The standard InChI is InChI=1S/C6H3BF4O9/c8-5(9,1(12)13)3(16)19-7(18)20-4(17)6(10,11)2(14)15/h18H,(H,12,13)(H,14,15). The smallest absolute Gasteiger partial charge is 0.476 e. The topological polar surface area (TPSA) is 147 Å². The van der Waals surface area contributed by atoms with Gasteiger partial charge in [0.15, 0.2) is 0 Å². The maximum absolute atomic E-state index is 12.4. The summed E-state index contributed by atoms with van der Waals surface area (Å²) >= 11 is 0. The molecule has 0 aromatic rings. The van der Waals surface area contributed by atoms with Crippen molar-refractivity contribution in [3.05, 3.63) is 0 Å². The highest BCUT2D eigenvalue weighted by molar-refractivity contribution is 6.41. The van der Waals surface area contributed by atoms with Crippen molar-refractivity contribution < 1.29 is 61.3 Å². The lowest BCUT2D eigenvalue weighted by atomic mass is 10.2. The van der Waals surface area contributed by atoms with Crippen LogP contribution in [0.3, 0.4) is 0 Å². The summed E-state index contributed by atoms with van der Waals surface area (Å²) in [6, 6.07) is 0. The van der Waals surface area contributed by atoms with Crippen LogP contribution in [-0.4, -0.2) is 58.3 Å². The molecule has 0 heterocycles. The number of carboxylic acid groups (broad SMARTS) is 2. The quantitative estimate of drug-likeness (QED) is 0.302. The van der Waals surface area contributed by atoms with E-state index in [0.717, 1.165) is 0 Å². The van der Waals surface area contributed by atoms with Crippen molar-refractivity contribution in [2.45, 2.75) is 11.8 Å². The normalized spacial score (nSPS) is 11.4. The fourth-order valence-electron chi connectivity index (χ4n) is 0.530. The van der Waals surface area contributed by atoms with Gasteiger partial charge in [0.05, 0.1) is 0 Å². The van der Waals surface area contributed by atoms with Gasteiger partial charge in [-0.25, -0.2) is 19.2 Å². The molecule has 0 radical (unpaired) electrons. The van der Waals surface area contributed by atoms with Gasteiger partial charge in [-0.2, -0.15) is 17.6 Å². The van der Waals surface area contributed by atoms with E-state index in [-0.39, 0.29) is 0 Å². The predicted molar refractivity (Wildman–Crippen MR) is 45.3 cm³/mol. The van der Waals surface area contributed by atoms with Crippen LogP contribution in [0.25, 0.3) is 0 Å². The highest BCUT2D eigenvalue weighted by Crippen LogP contribution is 2.18. The van der Waals surface area contributed by atoms with Gasteiger partial charge in [0.2, 0.25) is 0 Å². The van der Waals surface area contributed by atoms with Gasteiger partial charge in [0, 0.05) is 0 Å². The Morgan fingerprint density at radius 1 is 0.800 bits per heavy atom. The van der Waals surface area contributed by atoms with Crippen molar-refractivity contribution in [1.29, 1.82) is 0 Å². The molecular weight excluding hydrogens is 303 g/mol. The molecule has 0 aliphatic rings. The number of rotatable bonds is 6. The first-order valence-corrected chi connectivity index (χ1v) is 4.16. The third kappa shape index (κ3) is 3.81. The monoisotopic (exact) mass is 306 g/mol. The van der Waals surface area contributed by atoms with Gasteiger partial charge in [0.25, 0.3) is 0 Å². The lowest BCUT2D eigenvalue weighted by molar-refractivity contribution is -0.185. The Bertz CT molecular complexity index is 410. The molecule has 0 aliphatic carbocycles. The van der Waals surface area contributed by atoms with Crippen LogP contribution in [0.15, 0.2) is 0 Å². The number of carbonyl (C=O) groups excluding carboxylic acids is 2. The summed E-state index contributed by atoms with van der Waals surface area (Å²) in [4.78, 5) is 40.7. The summed E-state index contributed by atoms with van der Waals surface area (Å²) in [6.45, 7) is 0.